The Bertz CT molecular complexity index is 764. The molecule has 1 aromatic heterocycles. The number of nitrogens with zero attached hydrogens (tertiary/aromatic N) is 3. The third kappa shape index (κ3) is 4.61. The Labute approximate surface area is 164 Å². The summed E-state index contributed by atoms with van der Waals surface area (Å²) in [6, 6.07) is 7.36. The van der Waals surface area contributed by atoms with Gasteiger partial charge in [0.05, 0.1) is 5.52 Å². The Morgan fingerprint density at radius 3 is 2.81 bits per heavy atom. The molecule has 1 amide bonds. The minimum atomic E-state index is -0.230. The first-order valence-corrected chi connectivity index (χ1v) is 10.6. The first-order chi connectivity index (χ1) is 12.6. The van der Waals surface area contributed by atoms with Crippen molar-refractivity contribution in [2.45, 2.75) is 12.5 Å². The zero-order valence-corrected chi connectivity index (χ0v) is 16.8. The second-order valence-electron chi connectivity index (χ2n) is 6.63. The number of thioether (sulfide) groups is 1. The maximum Gasteiger partial charge on any atom is 0.245 e. The normalized spacial score (nSPS) is 16.7. The molecule has 0 aliphatic carbocycles. The number of rotatable bonds is 6. The molecule has 7 heteroatoms. The molecule has 1 saturated heterocycles. The van der Waals surface area contributed by atoms with E-state index in [1.165, 1.54) is 0 Å². The fourth-order valence-electron chi connectivity index (χ4n) is 3.18. The van der Waals surface area contributed by atoms with E-state index in [4.69, 9.17) is 11.6 Å². The Morgan fingerprint density at radius 1 is 1.31 bits per heavy atom. The zero-order chi connectivity index (χ0) is 18.5. The number of nitrogens with one attached hydrogen (secondary N) is 1. The molecule has 1 atom stereocenters. The van der Waals surface area contributed by atoms with Crippen LogP contribution in [0.25, 0.3) is 10.9 Å². The van der Waals surface area contributed by atoms with Crippen molar-refractivity contribution in [2.75, 3.05) is 50.6 Å². The van der Waals surface area contributed by atoms with Crippen molar-refractivity contribution in [3.05, 3.63) is 35.5 Å². The molecular formula is C19H25ClN4OS. The van der Waals surface area contributed by atoms with Gasteiger partial charge in [0.1, 0.15) is 6.04 Å². The number of hydrogen-bond acceptors (Lipinski definition) is 5. The lowest BCUT2D eigenvalue weighted by atomic mass is 10.1. The molecule has 1 aromatic carbocycles. The highest BCUT2D eigenvalue weighted by molar-refractivity contribution is 7.98. The Morgan fingerprint density at radius 2 is 2.08 bits per heavy atom. The molecule has 1 aliphatic rings. The Kier molecular flexibility index (Phi) is 6.62. The molecule has 0 radical (unpaired) electrons. The van der Waals surface area contributed by atoms with Crippen LogP contribution in [0.3, 0.4) is 0 Å². The predicted molar refractivity (Wildman–Crippen MR) is 111 cm³/mol. The van der Waals surface area contributed by atoms with E-state index in [-0.39, 0.29) is 11.9 Å². The summed E-state index contributed by atoms with van der Waals surface area (Å²) >= 11 is 7.84. The van der Waals surface area contributed by atoms with Gasteiger partial charge in [-0.1, -0.05) is 11.6 Å². The van der Waals surface area contributed by atoms with E-state index >= 15 is 0 Å². The lowest BCUT2D eigenvalue weighted by molar-refractivity contribution is -0.133. The van der Waals surface area contributed by atoms with Crippen LogP contribution in [0, 0.1) is 0 Å². The standard InChI is InChI=1S/C19H25ClN4OS/c1-23-8-10-24(11-9-23)19(25)17(6-12-26-2)22-16-5-7-21-18-13-14(20)3-4-15(16)18/h3-5,7,13,17H,6,8-12H2,1-2H3,(H,21,22)/t17-/m0/s1. The number of piperazine rings is 1. The number of carbonyl (C=O) groups is 1. The van der Waals surface area contributed by atoms with Gasteiger partial charge in [0.2, 0.25) is 5.91 Å². The summed E-state index contributed by atoms with van der Waals surface area (Å²) in [6.45, 7) is 3.44. The average molecular weight is 393 g/mol. The highest BCUT2D eigenvalue weighted by Gasteiger charge is 2.26. The van der Waals surface area contributed by atoms with Crippen LogP contribution in [0.5, 0.6) is 0 Å². The number of carbonyl (C=O) groups excluding carboxylic acids is 1. The second-order valence-corrected chi connectivity index (χ2v) is 8.05. The SMILES string of the molecule is CSCC[C@H](Nc1ccnc2cc(Cl)ccc12)C(=O)N1CCN(C)CC1. The predicted octanol–water partition coefficient (Wildman–Crippen LogP) is 3.20. The summed E-state index contributed by atoms with van der Waals surface area (Å²) in [5.41, 5.74) is 1.76. The van der Waals surface area contributed by atoms with Gasteiger partial charge in [0, 0.05) is 48.5 Å². The van der Waals surface area contributed by atoms with Crippen LogP contribution in [-0.2, 0) is 4.79 Å². The number of hydrogen-bond donors (Lipinski definition) is 1. The molecule has 2 aromatic rings. The van der Waals surface area contributed by atoms with Gasteiger partial charge in [0.15, 0.2) is 0 Å². The van der Waals surface area contributed by atoms with Crippen molar-refractivity contribution in [1.82, 2.24) is 14.8 Å². The average Bonchev–Trinajstić information content (AvgIpc) is 2.65. The quantitative estimate of drug-likeness (QED) is 0.818. The van der Waals surface area contributed by atoms with Crippen molar-refractivity contribution >= 4 is 45.9 Å². The first-order valence-electron chi connectivity index (χ1n) is 8.85. The van der Waals surface area contributed by atoms with Gasteiger partial charge in [-0.05, 0) is 49.7 Å². The van der Waals surface area contributed by atoms with Gasteiger partial charge >= 0.3 is 0 Å². The van der Waals surface area contributed by atoms with E-state index in [9.17, 15) is 4.79 Å². The van der Waals surface area contributed by atoms with E-state index in [1.807, 2.05) is 29.2 Å². The summed E-state index contributed by atoms with van der Waals surface area (Å²) < 4.78 is 0. The van der Waals surface area contributed by atoms with Crippen LogP contribution < -0.4 is 5.32 Å². The molecule has 140 valence electrons. The number of benzene rings is 1. The van der Waals surface area contributed by atoms with Crippen LogP contribution in [0.1, 0.15) is 6.42 Å². The smallest absolute Gasteiger partial charge is 0.245 e. The van der Waals surface area contributed by atoms with Gasteiger partial charge in [-0.25, -0.2) is 0 Å². The highest BCUT2D eigenvalue weighted by atomic mass is 35.5. The number of anilines is 1. The van der Waals surface area contributed by atoms with Crippen LogP contribution in [0.15, 0.2) is 30.5 Å². The van der Waals surface area contributed by atoms with Crippen LogP contribution in [0.2, 0.25) is 5.02 Å². The zero-order valence-electron chi connectivity index (χ0n) is 15.2. The molecule has 0 spiro atoms. The highest BCUT2D eigenvalue weighted by Crippen LogP contribution is 2.26. The van der Waals surface area contributed by atoms with Crippen molar-refractivity contribution < 1.29 is 4.79 Å². The van der Waals surface area contributed by atoms with Crippen molar-refractivity contribution in [3.8, 4) is 0 Å². The summed E-state index contributed by atoms with van der Waals surface area (Å²) in [7, 11) is 2.10. The molecule has 5 nitrogen and oxygen atoms in total. The number of fused-ring (bicyclic) bond motifs is 1. The molecule has 0 bridgehead atoms. The van der Waals surface area contributed by atoms with Crippen molar-refractivity contribution in [1.29, 1.82) is 0 Å². The molecule has 0 unspecified atom stereocenters. The topological polar surface area (TPSA) is 48.5 Å². The van der Waals surface area contributed by atoms with Crippen LogP contribution in [-0.4, -0.2) is 72.0 Å². The monoisotopic (exact) mass is 392 g/mol. The van der Waals surface area contributed by atoms with Crippen LogP contribution in [0.4, 0.5) is 5.69 Å². The van der Waals surface area contributed by atoms with Crippen molar-refractivity contribution in [3.63, 3.8) is 0 Å². The molecule has 1 fully saturated rings. The maximum absolute atomic E-state index is 13.1. The Balaban J connectivity index is 1.81. The number of aromatic nitrogens is 1. The fraction of sp³-hybridized carbons (Fsp3) is 0.474. The van der Waals surface area contributed by atoms with Crippen molar-refractivity contribution in [2.24, 2.45) is 0 Å². The van der Waals surface area contributed by atoms with E-state index in [0.29, 0.717) is 5.02 Å². The second kappa shape index (κ2) is 8.93. The largest absolute Gasteiger partial charge is 0.373 e. The van der Waals surface area contributed by atoms with Crippen LogP contribution >= 0.6 is 23.4 Å². The minimum Gasteiger partial charge on any atom is -0.373 e. The van der Waals surface area contributed by atoms with Gasteiger partial charge < -0.3 is 15.1 Å². The molecule has 1 N–H and O–H groups in total. The summed E-state index contributed by atoms with van der Waals surface area (Å²) in [5.74, 6) is 1.12. The first kappa shape index (κ1) is 19.3. The lowest BCUT2D eigenvalue weighted by Crippen LogP contribution is -2.51. The van der Waals surface area contributed by atoms with Gasteiger partial charge in [-0.2, -0.15) is 11.8 Å². The summed E-state index contributed by atoms with van der Waals surface area (Å²) in [5, 5.41) is 5.13. The summed E-state index contributed by atoms with van der Waals surface area (Å²) in [4.78, 5) is 21.7. The third-order valence-corrected chi connectivity index (χ3v) is 5.64. The van der Waals surface area contributed by atoms with E-state index in [1.54, 1.807) is 18.0 Å². The number of pyridine rings is 1. The van der Waals surface area contributed by atoms with E-state index in [2.05, 4.69) is 28.5 Å². The fourth-order valence-corrected chi connectivity index (χ4v) is 3.81. The molecule has 1 aliphatic heterocycles. The van der Waals surface area contributed by atoms with Gasteiger partial charge in [-0.15, -0.1) is 0 Å². The third-order valence-electron chi connectivity index (χ3n) is 4.76. The maximum atomic E-state index is 13.1. The lowest BCUT2D eigenvalue weighted by Gasteiger charge is -2.35. The molecule has 26 heavy (non-hydrogen) atoms. The number of likely N-dealkylation sites (N-methyl/N-ethyl adjacent to an activating group) is 1. The van der Waals surface area contributed by atoms with Gasteiger partial charge in [-0.3, -0.25) is 9.78 Å². The molecule has 3 rings (SSSR count). The summed E-state index contributed by atoms with van der Waals surface area (Å²) in [6.07, 6.45) is 4.62. The molecule has 0 saturated carbocycles. The van der Waals surface area contributed by atoms with E-state index in [0.717, 1.165) is 54.9 Å². The van der Waals surface area contributed by atoms with Gasteiger partial charge in [0.25, 0.3) is 0 Å². The minimum absolute atomic E-state index is 0.186. The molecular weight excluding hydrogens is 368 g/mol. The van der Waals surface area contributed by atoms with E-state index < -0.39 is 0 Å². The molecule has 2 heterocycles. The number of amides is 1. The number of halogens is 1. The Hall–Kier alpha value is -1.50.